The Bertz CT molecular complexity index is 470. The summed E-state index contributed by atoms with van der Waals surface area (Å²) in [4.78, 5) is 11.6. The summed E-state index contributed by atoms with van der Waals surface area (Å²) in [6.45, 7) is 2.03. The maximum atomic E-state index is 4.26. The first-order valence-electron chi connectivity index (χ1n) is 4.90. The minimum absolute atomic E-state index is 0.628. The summed E-state index contributed by atoms with van der Waals surface area (Å²) < 4.78 is 0. The van der Waals surface area contributed by atoms with Crippen LogP contribution in [0.25, 0.3) is 11.0 Å². The van der Waals surface area contributed by atoms with Gasteiger partial charge in [-0.15, -0.1) is 0 Å². The molecule has 0 atom stereocenters. The lowest BCUT2D eigenvalue weighted by atomic mass is 10.3. The number of rotatable bonds is 2. The van der Waals surface area contributed by atoms with E-state index in [9.17, 15) is 0 Å². The topological polar surface area (TPSA) is 53.6 Å². The highest BCUT2D eigenvalue weighted by Crippen LogP contribution is 2.27. The van der Waals surface area contributed by atoms with Crippen LogP contribution < -0.4 is 5.32 Å². The van der Waals surface area contributed by atoms with E-state index in [1.807, 2.05) is 6.92 Å². The maximum Gasteiger partial charge on any atom is 0.143 e. The van der Waals surface area contributed by atoms with Crippen molar-refractivity contribution in [1.82, 2.24) is 15.0 Å². The van der Waals surface area contributed by atoms with Crippen molar-refractivity contribution in [1.29, 1.82) is 0 Å². The number of H-pyrrole nitrogens is 1. The number of fused-ring (bicyclic) bond motifs is 1. The molecule has 0 bridgehead atoms. The molecule has 0 aliphatic heterocycles. The van der Waals surface area contributed by atoms with Gasteiger partial charge in [0.25, 0.3) is 0 Å². The molecule has 1 fully saturated rings. The van der Waals surface area contributed by atoms with Gasteiger partial charge in [0.1, 0.15) is 17.8 Å². The molecule has 72 valence electrons. The lowest BCUT2D eigenvalue weighted by molar-refractivity contribution is 1.10. The number of hydrogen-bond acceptors (Lipinski definition) is 3. The number of nitrogens with one attached hydrogen (secondary N) is 2. The van der Waals surface area contributed by atoms with Crippen LogP contribution in [0.5, 0.6) is 0 Å². The molecule has 2 N–H and O–H groups in total. The molecule has 14 heavy (non-hydrogen) atoms. The van der Waals surface area contributed by atoms with Gasteiger partial charge in [-0.25, -0.2) is 9.97 Å². The van der Waals surface area contributed by atoms with Crippen LogP contribution in [-0.2, 0) is 0 Å². The third-order valence-electron chi connectivity index (χ3n) is 2.48. The first-order chi connectivity index (χ1) is 6.83. The van der Waals surface area contributed by atoms with Crippen LogP contribution in [0.3, 0.4) is 0 Å². The molecule has 4 nitrogen and oxygen atoms in total. The molecule has 0 spiro atoms. The molecule has 2 aromatic heterocycles. The predicted molar refractivity (Wildman–Crippen MR) is 55.3 cm³/mol. The zero-order valence-electron chi connectivity index (χ0n) is 8.04. The average Bonchev–Trinajstić information content (AvgIpc) is 2.87. The summed E-state index contributed by atoms with van der Waals surface area (Å²) in [5.41, 5.74) is 2.04. The van der Waals surface area contributed by atoms with Crippen molar-refractivity contribution in [3.8, 4) is 0 Å². The third kappa shape index (κ3) is 1.23. The largest absolute Gasteiger partial charge is 0.367 e. The summed E-state index contributed by atoms with van der Waals surface area (Å²) in [5, 5.41) is 4.50. The fraction of sp³-hybridized carbons (Fsp3) is 0.400. The molecular formula is C10H12N4. The van der Waals surface area contributed by atoms with Gasteiger partial charge in [0.15, 0.2) is 0 Å². The number of anilines is 1. The average molecular weight is 188 g/mol. The van der Waals surface area contributed by atoms with Crippen LogP contribution in [0.15, 0.2) is 12.4 Å². The molecule has 0 aromatic carbocycles. The van der Waals surface area contributed by atoms with Crippen LogP contribution in [-0.4, -0.2) is 21.0 Å². The summed E-state index contributed by atoms with van der Waals surface area (Å²) >= 11 is 0. The van der Waals surface area contributed by atoms with Crippen LogP contribution in [0.4, 0.5) is 5.82 Å². The molecule has 0 unspecified atom stereocenters. The second-order valence-electron chi connectivity index (χ2n) is 3.86. The quantitative estimate of drug-likeness (QED) is 0.756. The van der Waals surface area contributed by atoms with Gasteiger partial charge >= 0.3 is 0 Å². The van der Waals surface area contributed by atoms with Crippen molar-refractivity contribution < 1.29 is 0 Å². The summed E-state index contributed by atoms with van der Waals surface area (Å²) in [5.74, 6) is 0.960. The van der Waals surface area contributed by atoms with Gasteiger partial charge in [-0.1, -0.05) is 0 Å². The van der Waals surface area contributed by atoms with Gasteiger partial charge in [0.05, 0.1) is 5.39 Å². The molecule has 0 saturated heterocycles. The molecule has 2 heterocycles. The van der Waals surface area contributed by atoms with Gasteiger partial charge in [0, 0.05) is 11.7 Å². The van der Waals surface area contributed by atoms with E-state index >= 15 is 0 Å². The molecular weight excluding hydrogens is 176 g/mol. The molecule has 4 heteroatoms. The van der Waals surface area contributed by atoms with Crippen LogP contribution in [0.1, 0.15) is 18.5 Å². The highest BCUT2D eigenvalue weighted by Gasteiger charge is 2.22. The molecule has 2 aromatic rings. The molecule has 1 saturated carbocycles. The fourth-order valence-electron chi connectivity index (χ4n) is 1.61. The minimum atomic E-state index is 0.628. The molecule has 1 aliphatic rings. The van der Waals surface area contributed by atoms with Gasteiger partial charge in [-0.05, 0) is 25.8 Å². The first-order valence-corrected chi connectivity index (χ1v) is 4.90. The number of aromatic nitrogens is 3. The van der Waals surface area contributed by atoms with E-state index in [0.29, 0.717) is 6.04 Å². The Labute approximate surface area is 81.8 Å². The molecule has 0 radical (unpaired) electrons. The minimum Gasteiger partial charge on any atom is -0.367 e. The van der Waals surface area contributed by atoms with E-state index in [1.54, 1.807) is 6.33 Å². The SMILES string of the molecule is Cc1cc2c(NC3CC3)ncnc2[nH]1. The Hall–Kier alpha value is -1.58. The molecule has 3 rings (SSSR count). The number of aryl methyl sites for hydroxylation is 1. The zero-order valence-corrected chi connectivity index (χ0v) is 8.04. The van der Waals surface area contributed by atoms with Crippen molar-refractivity contribution >= 4 is 16.9 Å². The Morgan fingerprint density at radius 1 is 1.43 bits per heavy atom. The smallest absolute Gasteiger partial charge is 0.143 e. The van der Waals surface area contributed by atoms with E-state index in [2.05, 4.69) is 26.3 Å². The summed E-state index contributed by atoms with van der Waals surface area (Å²) in [6.07, 6.45) is 4.12. The van der Waals surface area contributed by atoms with Crippen molar-refractivity contribution in [2.75, 3.05) is 5.32 Å². The molecule has 1 aliphatic carbocycles. The van der Waals surface area contributed by atoms with E-state index in [-0.39, 0.29) is 0 Å². The fourth-order valence-corrected chi connectivity index (χ4v) is 1.61. The number of aromatic amines is 1. The van der Waals surface area contributed by atoms with Gasteiger partial charge in [0.2, 0.25) is 0 Å². The second kappa shape index (κ2) is 2.70. The Kier molecular flexibility index (Phi) is 1.50. The van der Waals surface area contributed by atoms with Crippen molar-refractivity contribution in [3.05, 3.63) is 18.1 Å². The monoisotopic (exact) mass is 188 g/mol. The summed E-state index contributed by atoms with van der Waals surface area (Å²) in [6, 6.07) is 2.71. The standard InChI is InChI=1S/C10H12N4/c1-6-4-8-9(13-6)11-5-12-10(8)14-7-2-3-7/h4-5,7H,2-3H2,1H3,(H2,11,12,13,14). The van der Waals surface area contributed by atoms with E-state index in [0.717, 1.165) is 22.5 Å². The lowest BCUT2D eigenvalue weighted by Crippen LogP contribution is -2.03. The highest BCUT2D eigenvalue weighted by atomic mass is 15.1. The first kappa shape index (κ1) is 7.79. The Balaban J connectivity index is 2.11. The third-order valence-corrected chi connectivity index (χ3v) is 2.48. The Morgan fingerprint density at radius 2 is 2.29 bits per heavy atom. The van der Waals surface area contributed by atoms with E-state index in [1.165, 1.54) is 12.8 Å². The van der Waals surface area contributed by atoms with Crippen LogP contribution in [0, 0.1) is 6.92 Å². The van der Waals surface area contributed by atoms with Gasteiger partial charge in [-0.3, -0.25) is 0 Å². The summed E-state index contributed by atoms with van der Waals surface area (Å²) in [7, 11) is 0. The van der Waals surface area contributed by atoms with Crippen LogP contribution in [0.2, 0.25) is 0 Å². The number of nitrogens with zero attached hydrogens (tertiary/aromatic N) is 2. The zero-order chi connectivity index (χ0) is 9.54. The van der Waals surface area contributed by atoms with E-state index in [4.69, 9.17) is 0 Å². The van der Waals surface area contributed by atoms with Gasteiger partial charge < -0.3 is 10.3 Å². The van der Waals surface area contributed by atoms with Gasteiger partial charge in [-0.2, -0.15) is 0 Å². The van der Waals surface area contributed by atoms with Crippen LogP contribution >= 0.6 is 0 Å². The van der Waals surface area contributed by atoms with Crippen molar-refractivity contribution in [3.63, 3.8) is 0 Å². The molecule has 0 amide bonds. The van der Waals surface area contributed by atoms with Crippen molar-refractivity contribution in [2.24, 2.45) is 0 Å². The maximum absolute atomic E-state index is 4.26. The van der Waals surface area contributed by atoms with Crippen molar-refractivity contribution in [2.45, 2.75) is 25.8 Å². The predicted octanol–water partition coefficient (Wildman–Crippen LogP) is 1.84. The van der Waals surface area contributed by atoms with E-state index < -0.39 is 0 Å². The Morgan fingerprint density at radius 3 is 3.07 bits per heavy atom. The number of hydrogen-bond donors (Lipinski definition) is 2. The highest BCUT2D eigenvalue weighted by molar-refractivity contribution is 5.87. The second-order valence-corrected chi connectivity index (χ2v) is 3.86. The normalized spacial score (nSPS) is 16.1. The lowest BCUT2D eigenvalue weighted by Gasteiger charge is -2.02.